The molecule has 0 aliphatic heterocycles. The Labute approximate surface area is 96.8 Å². The van der Waals surface area contributed by atoms with Crippen LogP contribution in [-0.2, 0) is 6.54 Å². The van der Waals surface area contributed by atoms with E-state index in [-0.39, 0.29) is 0 Å². The Bertz CT molecular complexity index is 376. The van der Waals surface area contributed by atoms with Crippen molar-refractivity contribution < 1.29 is 0 Å². The molecule has 0 aromatic heterocycles. The maximum atomic E-state index is 5.96. The van der Waals surface area contributed by atoms with Crippen molar-refractivity contribution in [1.82, 2.24) is 5.32 Å². The second kappa shape index (κ2) is 5.80. The van der Waals surface area contributed by atoms with Crippen molar-refractivity contribution in [1.29, 1.82) is 0 Å². The van der Waals surface area contributed by atoms with E-state index in [1.807, 2.05) is 19.1 Å². The highest BCUT2D eigenvalue weighted by atomic mass is 35.5. The minimum Gasteiger partial charge on any atom is -0.302 e. The summed E-state index contributed by atoms with van der Waals surface area (Å²) in [6, 6.07) is 3.99. The number of halogens is 1. The van der Waals surface area contributed by atoms with E-state index >= 15 is 0 Å². The molecule has 0 atom stereocenters. The Kier molecular flexibility index (Phi) is 4.68. The molecular formula is C13H16ClN. The maximum absolute atomic E-state index is 5.96. The predicted octanol–water partition coefficient (Wildman–Crippen LogP) is 3.07. The quantitative estimate of drug-likeness (QED) is 0.611. The zero-order chi connectivity index (χ0) is 11.3. The number of rotatable bonds is 3. The minimum atomic E-state index is 0.734. The lowest BCUT2D eigenvalue weighted by atomic mass is 10.0. The summed E-state index contributed by atoms with van der Waals surface area (Å²) in [4.78, 5) is 0. The van der Waals surface area contributed by atoms with Gasteiger partial charge in [0, 0.05) is 11.6 Å². The van der Waals surface area contributed by atoms with Gasteiger partial charge in [-0.2, -0.15) is 0 Å². The largest absolute Gasteiger partial charge is 0.302 e. The van der Waals surface area contributed by atoms with Gasteiger partial charge in [-0.05, 0) is 49.6 Å². The Morgan fingerprint density at radius 1 is 1.27 bits per heavy atom. The van der Waals surface area contributed by atoms with Gasteiger partial charge >= 0.3 is 0 Å². The average Bonchev–Trinajstić information content (AvgIpc) is 2.15. The zero-order valence-corrected chi connectivity index (χ0v) is 10.2. The molecule has 0 aliphatic carbocycles. The van der Waals surface area contributed by atoms with E-state index in [2.05, 4.69) is 31.0 Å². The third-order valence-corrected chi connectivity index (χ3v) is 2.57. The molecule has 2 heteroatoms. The number of aryl methyl sites for hydroxylation is 2. The number of nitrogens with one attached hydrogen (secondary N) is 1. The zero-order valence-electron chi connectivity index (χ0n) is 9.45. The van der Waals surface area contributed by atoms with Crippen LogP contribution in [0.2, 0.25) is 5.02 Å². The summed E-state index contributed by atoms with van der Waals surface area (Å²) < 4.78 is 0. The van der Waals surface area contributed by atoms with Crippen molar-refractivity contribution >= 4 is 11.6 Å². The van der Waals surface area contributed by atoms with Gasteiger partial charge in [-0.1, -0.05) is 17.5 Å². The molecule has 0 fully saturated rings. The van der Waals surface area contributed by atoms with Crippen molar-refractivity contribution in [3.8, 4) is 11.8 Å². The number of hydrogen-bond donors (Lipinski definition) is 1. The van der Waals surface area contributed by atoms with E-state index in [4.69, 9.17) is 11.6 Å². The molecule has 1 aromatic carbocycles. The van der Waals surface area contributed by atoms with Gasteiger partial charge in [-0.3, -0.25) is 0 Å². The molecule has 0 saturated heterocycles. The molecule has 0 saturated carbocycles. The van der Waals surface area contributed by atoms with E-state index in [9.17, 15) is 0 Å². The first-order chi connectivity index (χ1) is 7.15. The first-order valence-corrected chi connectivity index (χ1v) is 5.39. The monoisotopic (exact) mass is 221 g/mol. The van der Waals surface area contributed by atoms with Crippen LogP contribution in [0, 0.1) is 25.7 Å². The van der Waals surface area contributed by atoms with Gasteiger partial charge in [0.1, 0.15) is 0 Å². The maximum Gasteiger partial charge on any atom is 0.0579 e. The second-order valence-electron chi connectivity index (χ2n) is 3.55. The smallest absolute Gasteiger partial charge is 0.0579 e. The highest BCUT2D eigenvalue weighted by molar-refractivity contribution is 6.30. The van der Waals surface area contributed by atoms with Gasteiger partial charge < -0.3 is 5.32 Å². The normalized spacial score (nSPS) is 9.60. The first kappa shape index (κ1) is 12.1. The second-order valence-corrected chi connectivity index (χ2v) is 3.98. The molecule has 15 heavy (non-hydrogen) atoms. The molecule has 1 aromatic rings. The lowest BCUT2D eigenvalue weighted by Gasteiger charge is -2.10. The van der Waals surface area contributed by atoms with Crippen molar-refractivity contribution in [2.45, 2.75) is 27.3 Å². The van der Waals surface area contributed by atoms with Crippen LogP contribution in [0.5, 0.6) is 0 Å². The fraction of sp³-hybridized carbons (Fsp3) is 0.385. The van der Waals surface area contributed by atoms with Crippen LogP contribution in [0.25, 0.3) is 0 Å². The topological polar surface area (TPSA) is 12.0 Å². The predicted molar refractivity (Wildman–Crippen MR) is 66.1 cm³/mol. The number of benzene rings is 1. The summed E-state index contributed by atoms with van der Waals surface area (Å²) in [6.45, 7) is 7.60. The van der Waals surface area contributed by atoms with E-state index in [1.165, 1.54) is 16.7 Å². The van der Waals surface area contributed by atoms with E-state index in [0.717, 1.165) is 18.1 Å². The fourth-order valence-corrected chi connectivity index (χ4v) is 1.89. The van der Waals surface area contributed by atoms with Crippen LogP contribution in [0.15, 0.2) is 12.1 Å². The Balaban J connectivity index is 2.71. The summed E-state index contributed by atoms with van der Waals surface area (Å²) in [5, 5.41) is 4.09. The van der Waals surface area contributed by atoms with Crippen LogP contribution in [0.4, 0.5) is 0 Å². The Morgan fingerprint density at radius 3 is 2.40 bits per heavy atom. The van der Waals surface area contributed by atoms with Gasteiger partial charge in [0.15, 0.2) is 0 Å². The first-order valence-electron chi connectivity index (χ1n) is 5.01. The standard InChI is InChI=1S/C13H16ClN/c1-4-5-6-15-9-13-10(2)7-12(14)8-11(13)3/h7-8,15H,6,9H2,1-3H3. The van der Waals surface area contributed by atoms with Gasteiger partial charge in [0.25, 0.3) is 0 Å². The Hall–Kier alpha value is -0.970. The van der Waals surface area contributed by atoms with E-state index < -0.39 is 0 Å². The highest BCUT2D eigenvalue weighted by Gasteiger charge is 2.03. The van der Waals surface area contributed by atoms with Gasteiger partial charge in [0.05, 0.1) is 6.54 Å². The molecule has 0 aliphatic rings. The van der Waals surface area contributed by atoms with Gasteiger partial charge in [-0.15, -0.1) is 5.92 Å². The van der Waals surface area contributed by atoms with Crippen molar-refractivity contribution in [2.24, 2.45) is 0 Å². The molecule has 1 nitrogen and oxygen atoms in total. The highest BCUT2D eigenvalue weighted by Crippen LogP contribution is 2.19. The van der Waals surface area contributed by atoms with Crippen LogP contribution in [0.1, 0.15) is 23.6 Å². The number of hydrogen-bond acceptors (Lipinski definition) is 1. The van der Waals surface area contributed by atoms with E-state index in [1.54, 1.807) is 0 Å². The van der Waals surface area contributed by atoms with Crippen LogP contribution < -0.4 is 5.32 Å². The molecule has 1 rings (SSSR count). The minimum absolute atomic E-state index is 0.734. The fourth-order valence-electron chi connectivity index (χ4n) is 1.56. The molecule has 1 N–H and O–H groups in total. The lowest BCUT2D eigenvalue weighted by Crippen LogP contribution is -2.15. The molecule has 0 amide bonds. The van der Waals surface area contributed by atoms with Crippen molar-refractivity contribution in [3.63, 3.8) is 0 Å². The summed E-state index contributed by atoms with van der Waals surface area (Å²) in [6.07, 6.45) is 0. The molecule has 80 valence electrons. The lowest BCUT2D eigenvalue weighted by molar-refractivity contribution is 0.761. The molecule has 0 radical (unpaired) electrons. The summed E-state index contributed by atoms with van der Waals surface area (Å²) >= 11 is 5.96. The summed E-state index contributed by atoms with van der Waals surface area (Å²) in [5.74, 6) is 5.84. The molecular weight excluding hydrogens is 206 g/mol. The van der Waals surface area contributed by atoms with Crippen molar-refractivity contribution in [2.75, 3.05) is 6.54 Å². The molecule has 0 heterocycles. The molecule has 0 spiro atoms. The SMILES string of the molecule is CC#CCNCc1c(C)cc(Cl)cc1C. The van der Waals surface area contributed by atoms with Crippen LogP contribution >= 0.6 is 11.6 Å². The Morgan fingerprint density at radius 2 is 1.87 bits per heavy atom. The molecule has 0 unspecified atom stereocenters. The van der Waals surface area contributed by atoms with Gasteiger partial charge in [-0.25, -0.2) is 0 Å². The van der Waals surface area contributed by atoms with Gasteiger partial charge in [0.2, 0.25) is 0 Å². The average molecular weight is 222 g/mol. The summed E-state index contributed by atoms with van der Waals surface area (Å²) in [5.41, 5.74) is 3.78. The van der Waals surface area contributed by atoms with Crippen LogP contribution in [0.3, 0.4) is 0 Å². The van der Waals surface area contributed by atoms with E-state index in [0.29, 0.717) is 0 Å². The molecule has 0 bridgehead atoms. The third-order valence-electron chi connectivity index (χ3n) is 2.35. The van der Waals surface area contributed by atoms with Crippen LogP contribution in [-0.4, -0.2) is 6.54 Å². The third kappa shape index (κ3) is 3.58. The van der Waals surface area contributed by atoms with Crippen molar-refractivity contribution in [3.05, 3.63) is 33.8 Å². The summed E-state index contributed by atoms with van der Waals surface area (Å²) in [7, 11) is 0.